The number of hydrogen-bond acceptors (Lipinski definition) is 4. The van der Waals surface area contributed by atoms with Crippen LogP contribution in [0.3, 0.4) is 0 Å². The highest BCUT2D eigenvalue weighted by Crippen LogP contribution is 2.56. The quantitative estimate of drug-likeness (QED) is 0.722. The lowest BCUT2D eigenvalue weighted by molar-refractivity contribution is -0.159. The van der Waals surface area contributed by atoms with Crippen LogP contribution in [-0.2, 0) is 14.6 Å². The Labute approximate surface area is 123 Å². The van der Waals surface area contributed by atoms with Crippen LogP contribution in [0.1, 0.15) is 46.0 Å². The lowest BCUT2D eigenvalue weighted by Crippen LogP contribution is -2.63. The van der Waals surface area contributed by atoms with Gasteiger partial charge < -0.3 is 9.64 Å². The van der Waals surface area contributed by atoms with Gasteiger partial charge in [0.1, 0.15) is 0 Å². The summed E-state index contributed by atoms with van der Waals surface area (Å²) in [6.07, 6.45) is 6.53. The highest BCUT2D eigenvalue weighted by atomic mass is 32.2. The topological polar surface area (TPSA) is 46.6 Å². The molecule has 20 heavy (non-hydrogen) atoms. The Morgan fingerprint density at radius 1 is 1.25 bits per heavy atom. The minimum atomic E-state index is -2.86. The van der Waals surface area contributed by atoms with Gasteiger partial charge in [0, 0.05) is 30.4 Å². The lowest BCUT2D eigenvalue weighted by Gasteiger charge is -2.57. The molecule has 5 heteroatoms. The van der Waals surface area contributed by atoms with Crippen molar-refractivity contribution in [1.29, 1.82) is 0 Å². The summed E-state index contributed by atoms with van der Waals surface area (Å²) in [6.45, 7) is 5.23. The normalized spacial score (nSPS) is 29.0. The molecular formula is C15H29NO3S. The molecule has 2 aliphatic rings. The number of sulfone groups is 1. The maximum absolute atomic E-state index is 11.7. The average Bonchev–Trinajstić information content (AvgIpc) is 2.93. The molecule has 4 nitrogen and oxygen atoms in total. The maximum atomic E-state index is 11.7. The van der Waals surface area contributed by atoms with Gasteiger partial charge in [0.05, 0.1) is 11.9 Å². The van der Waals surface area contributed by atoms with Gasteiger partial charge in [0.25, 0.3) is 0 Å². The van der Waals surface area contributed by atoms with Crippen LogP contribution in [0, 0.1) is 5.41 Å². The van der Waals surface area contributed by atoms with Gasteiger partial charge in [0.15, 0.2) is 9.84 Å². The first-order valence-corrected chi connectivity index (χ1v) is 9.79. The molecule has 2 aliphatic carbocycles. The molecule has 0 bridgehead atoms. The molecule has 0 aromatic carbocycles. The molecule has 2 saturated carbocycles. The summed E-state index contributed by atoms with van der Waals surface area (Å²) in [7, 11) is -0.783. The third-order valence-electron chi connectivity index (χ3n) is 5.37. The molecular weight excluding hydrogens is 274 g/mol. The molecule has 2 rings (SSSR count). The largest absolute Gasteiger partial charge is 0.378 e. The second-order valence-corrected chi connectivity index (χ2v) is 8.83. The van der Waals surface area contributed by atoms with E-state index in [4.69, 9.17) is 4.74 Å². The first-order valence-electron chi connectivity index (χ1n) is 7.97. The minimum Gasteiger partial charge on any atom is -0.378 e. The van der Waals surface area contributed by atoms with Crippen LogP contribution in [0.5, 0.6) is 0 Å². The SMILES string of the molecule is CCO[C@H]1C[C@@H](N(C)CCS(=O)(=O)CC)C12CCCC2. The van der Waals surface area contributed by atoms with E-state index in [1.165, 1.54) is 25.7 Å². The van der Waals surface area contributed by atoms with Crippen molar-refractivity contribution in [3.8, 4) is 0 Å². The van der Waals surface area contributed by atoms with E-state index in [-0.39, 0.29) is 11.5 Å². The first kappa shape index (κ1) is 16.2. The van der Waals surface area contributed by atoms with Gasteiger partial charge in [-0.2, -0.15) is 0 Å². The van der Waals surface area contributed by atoms with Crippen LogP contribution >= 0.6 is 0 Å². The minimum absolute atomic E-state index is 0.248. The summed E-state index contributed by atoms with van der Waals surface area (Å²) in [5, 5.41) is 0. The zero-order valence-corrected chi connectivity index (χ0v) is 13.9. The summed E-state index contributed by atoms with van der Waals surface area (Å²) in [5.74, 6) is 0.532. The van der Waals surface area contributed by atoms with Crippen molar-refractivity contribution in [1.82, 2.24) is 4.90 Å². The first-order chi connectivity index (χ1) is 9.45. The Hall–Kier alpha value is -0.130. The van der Waals surface area contributed by atoms with Crippen molar-refractivity contribution in [3.05, 3.63) is 0 Å². The number of nitrogens with zero attached hydrogens (tertiary/aromatic N) is 1. The van der Waals surface area contributed by atoms with Crippen LogP contribution in [0.4, 0.5) is 0 Å². The standard InChI is InChI=1S/C15H29NO3S/c1-4-19-14-12-13(15(14)8-6-7-9-15)16(3)10-11-20(17,18)5-2/h13-14H,4-12H2,1-3H3/t13-,14+/m1/s1. The van der Waals surface area contributed by atoms with Crippen molar-refractivity contribution in [2.24, 2.45) is 5.41 Å². The molecule has 0 amide bonds. The zero-order valence-electron chi connectivity index (χ0n) is 13.1. The smallest absolute Gasteiger partial charge is 0.151 e. The molecule has 0 saturated heterocycles. The molecule has 1 spiro atoms. The van der Waals surface area contributed by atoms with Crippen molar-refractivity contribution >= 4 is 9.84 Å². The Kier molecular flexibility index (Phi) is 5.14. The maximum Gasteiger partial charge on any atom is 0.151 e. The van der Waals surface area contributed by atoms with E-state index in [2.05, 4.69) is 18.9 Å². The van der Waals surface area contributed by atoms with Gasteiger partial charge in [0.2, 0.25) is 0 Å². The molecule has 0 radical (unpaired) electrons. The predicted molar refractivity (Wildman–Crippen MR) is 81.7 cm³/mol. The number of rotatable bonds is 7. The molecule has 0 heterocycles. The fourth-order valence-corrected chi connectivity index (χ4v) is 4.91. The highest BCUT2D eigenvalue weighted by molar-refractivity contribution is 7.91. The van der Waals surface area contributed by atoms with E-state index in [0.29, 0.717) is 24.1 Å². The van der Waals surface area contributed by atoms with E-state index in [9.17, 15) is 8.42 Å². The highest BCUT2D eigenvalue weighted by Gasteiger charge is 2.57. The lowest BCUT2D eigenvalue weighted by atomic mass is 9.60. The van der Waals surface area contributed by atoms with Crippen molar-refractivity contribution < 1.29 is 13.2 Å². The van der Waals surface area contributed by atoms with Gasteiger partial charge in [-0.15, -0.1) is 0 Å². The van der Waals surface area contributed by atoms with E-state index in [1.807, 2.05) is 0 Å². The summed E-state index contributed by atoms with van der Waals surface area (Å²) in [4.78, 5) is 2.27. The summed E-state index contributed by atoms with van der Waals surface area (Å²) in [5.41, 5.74) is 0.306. The number of hydrogen-bond donors (Lipinski definition) is 0. The monoisotopic (exact) mass is 303 g/mol. The molecule has 118 valence electrons. The Morgan fingerprint density at radius 2 is 1.90 bits per heavy atom. The van der Waals surface area contributed by atoms with Gasteiger partial charge in [-0.05, 0) is 33.2 Å². The third-order valence-corrected chi connectivity index (χ3v) is 7.06. The second kappa shape index (κ2) is 6.32. The van der Waals surface area contributed by atoms with Crippen LogP contribution in [0.2, 0.25) is 0 Å². The van der Waals surface area contributed by atoms with Crippen molar-refractivity contribution in [2.45, 2.75) is 58.1 Å². The summed E-state index contributed by atoms with van der Waals surface area (Å²) >= 11 is 0. The predicted octanol–water partition coefficient (Wildman–Crippen LogP) is 2.09. The third kappa shape index (κ3) is 3.04. The van der Waals surface area contributed by atoms with Crippen molar-refractivity contribution in [2.75, 3.05) is 31.7 Å². The van der Waals surface area contributed by atoms with Gasteiger partial charge >= 0.3 is 0 Å². The molecule has 0 N–H and O–H groups in total. The summed E-state index contributed by atoms with van der Waals surface area (Å²) < 4.78 is 29.2. The van der Waals surface area contributed by atoms with Gasteiger partial charge in [-0.1, -0.05) is 19.8 Å². The molecule has 2 atom stereocenters. The zero-order chi connectivity index (χ0) is 14.8. The van der Waals surface area contributed by atoms with E-state index >= 15 is 0 Å². The Bertz CT molecular complexity index is 415. The Balaban J connectivity index is 1.95. The van der Waals surface area contributed by atoms with Crippen LogP contribution in [0.25, 0.3) is 0 Å². The van der Waals surface area contributed by atoms with E-state index in [1.54, 1.807) is 6.92 Å². The van der Waals surface area contributed by atoms with E-state index < -0.39 is 9.84 Å². The molecule has 0 aromatic rings. The Morgan fingerprint density at radius 3 is 2.45 bits per heavy atom. The fraction of sp³-hybridized carbons (Fsp3) is 1.00. The second-order valence-electron chi connectivity index (χ2n) is 6.35. The van der Waals surface area contributed by atoms with Crippen LogP contribution in [0.15, 0.2) is 0 Å². The van der Waals surface area contributed by atoms with E-state index in [0.717, 1.165) is 13.0 Å². The van der Waals surface area contributed by atoms with Gasteiger partial charge in [-0.3, -0.25) is 0 Å². The number of ether oxygens (including phenoxy) is 1. The van der Waals surface area contributed by atoms with Crippen molar-refractivity contribution in [3.63, 3.8) is 0 Å². The fourth-order valence-electron chi connectivity index (χ4n) is 4.05. The molecule has 2 fully saturated rings. The molecule has 0 aliphatic heterocycles. The van der Waals surface area contributed by atoms with Crippen LogP contribution < -0.4 is 0 Å². The average molecular weight is 303 g/mol. The van der Waals surface area contributed by atoms with Gasteiger partial charge in [-0.25, -0.2) is 8.42 Å². The van der Waals surface area contributed by atoms with Crippen LogP contribution in [-0.4, -0.2) is 57.2 Å². The molecule has 0 unspecified atom stereocenters. The summed E-state index contributed by atoms with van der Waals surface area (Å²) in [6, 6.07) is 0.508. The molecule has 0 aromatic heterocycles.